The lowest BCUT2D eigenvalue weighted by Gasteiger charge is -2.21. The summed E-state index contributed by atoms with van der Waals surface area (Å²) in [6, 6.07) is 15.5. The maximum Gasteiger partial charge on any atom is 0.347 e. The van der Waals surface area contributed by atoms with Crippen molar-refractivity contribution < 1.29 is 19.1 Å². The lowest BCUT2D eigenvalue weighted by molar-refractivity contribution is -0.152. The van der Waals surface area contributed by atoms with Gasteiger partial charge in [0.1, 0.15) is 11.3 Å². The number of aliphatic carboxylic acids is 1. The second kappa shape index (κ2) is 6.84. The first kappa shape index (κ1) is 16.8. The van der Waals surface area contributed by atoms with Crippen LogP contribution in [0, 0.1) is 0 Å². The van der Waals surface area contributed by atoms with E-state index in [2.05, 4.69) is 10.3 Å². The first-order valence-corrected chi connectivity index (χ1v) is 8.05. The van der Waals surface area contributed by atoms with E-state index in [-0.39, 0.29) is 0 Å². The molecule has 0 saturated carbocycles. The number of carboxylic acids is 1. The molecule has 25 heavy (non-hydrogen) atoms. The molecular formula is C19H20N2O4. The van der Waals surface area contributed by atoms with Crippen LogP contribution < -0.4 is 10.1 Å². The van der Waals surface area contributed by atoms with E-state index in [1.807, 2.05) is 36.4 Å². The van der Waals surface area contributed by atoms with Crippen LogP contribution in [0.2, 0.25) is 0 Å². The Labute approximate surface area is 145 Å². The average molecular weight is 340 g/mol. The third-order valence-electron chi connectivity index (χ3n) is 3.80. The van der Waals surface area contributed by atoms with Crippen molar-refractivity contribution in [1.82, 2.24) is 4.98 Å². The van der Waals surface area contributed by atoms with Crippen LogP contribution in [0.3, 0.4) is 0 Å². The van der Waals surface area contributed by atoms with Gasteiger partial charge in [0.05, 0.1) is 0 Å². The van der Waals surface area contributed by atoms with Gasteiger partial charge in [0.25, 0.3) is 6.01 Å². The third kappa shape index (κ3) is 4.09. The smallest absolute Gasteiger partial charge is 0.347 e. The zero-order chi connectivity index (χ0) is 17.9. The maximum absolute atomic E-state index is 11.1. The van der Waals surface area contributed by atoms with Crippen molar-refractivity contribution >= 4 is 23.1 Å². The summed E-state index contributed by atoms with van der Waals surface area (Å²) in [4.78, 5) is 15.4. The van der Waals surface area contributed by atoms with E-state index in [0.717, 1.165) is 23.1 Å². The minimum atomic E-state index is -1.25. The maximum atomic E-state index is 11.1. The summed E-state index contributed by atoms with van der Waals surface area (Å²) >= 11 is 0. The fourth-order valence-electron chi connectivity index (χ4n) is 2.32. The molecule has 0 aliphatic carbocycles. The molecule has 2 N–H and O–H groups in total. The number of aromatic nitrogens is 1. The van der Waals surface area contributed by atoms with Gasteiger partial charge in [-0.1, -0.05) is 24.3 Å². The van der Waals surface area contributed by atoms with Crippen molar-refractivity contribution in [3.8, 4) is 5.75 Å². The molecule has 130 valence electrons. The molecule has 0 aliphatic rings. The number of anilines is 1. The average Bonchev–Trinajstić information content (AvgIpc) is 2.99. The molecule has 0 amide bonds. The van der Waals surface area contributed by atoms with Crippen LogP contribution in [-0.4, -0.2) is 28.2 Å². The van der Waals surface area contributed by atoms with Crippen LogP contribution in [-0.2, 0) is 11.2 Å². The highest BCUT2D eigenvalue weighted by Crippen LogP contribution is 2.20. The van der Waals surface area contributed by atoms with Crippen LogP contribution in [0.1, 0.15) is 19.4 Å². The number of ether oxygens (including phenoxy) is 1. The van der Waals surface area contributed by atoms with Gasteiger partial charge < -0.3 is 19.6 Å². The van der Waals surface area contributed by atoms with Gasteiger partial charge in [-0.15, -0.1) is 0 Å². The summed E-state index contributed by atoms with van der Waals surface area (Å²) in [6.07, 6.45) is 0.779. The summed E-state index contributed by atoms with van der Waals surface area (Å²) in [5, 5.41) is 12.2. The number of rotatable bonds is 7. The molecular weight excluding hydrogens is 320 g/mol. The largest absolute Gasteiger partial charge is 0.478 e. The molecule has 0 aliphatic heterocycles. The third-order valence-corrected chi connectivity index (χ3v) is 3.80. The quantitative estimate of drug-likeness (QED) is 0.682. The zero-order valence-corrected chi connectivity index (χ0v) is 14.2. The van der Waals surface area contributed by atoms with Crippen LogP contribution in [0.4, 0.5) is 6.01 Å². The van der Waals surface area contributed by atoms with Gasteiger partial charge in [0, 0.05) is 6.54 Å². The highest BCUT2D eigenvalue weighted by Gasteiger charge is 2.29. The highest BCUT2D eigenvalue weighted by molar-refractivity contribution is 5.76. The molecule has 0 unspecified atom stereocenters. The summed E-state index contributed by atoms with van der Waals surface area (Å²) in [5.41, 5.74) is 1.43. The van der Waals surface area contributed by atoms with E-state index >= 15 is 0 Å². The minimum Gasteiger partial charge on any atom is -0.478 e. The van der Waals surface area contributed by atoms with Gasteiger partial charge in [-0.25, -0.2) is 4.79 Å². The molecule has 0 spiro atoms. The molecule has 1 heterocycles. The zero-order valence-electron chi connectivity index (χ0n) is 14.2. The number of carbonyl (C=O) groups is 1. The number of oxazole rings is 1. The van der Waals surface area contributed by atoms with Gasteiger partial charge in [0.2, 0.25) is 0 Å². The fraction of sp³-hybridized carbons (Fsp3) is 0.263. The van der Waals surface area contributed by atoms with E-state index in [1.54, 1.807) is 12.1 Å². The second-order valence-corrected chi connectivity index (χ2v) is 6.22. The number of hydrogen-bond acceptors (Lipinski definition) is 5. The summed E-state index contributed by atoms with van der Waals surface area (Å²) in [5.74, 6) is -0.470. The van der Waals surface area contributed by atoms with Crippen molar-refractivity contribution in [1.29, 1.82) is 0 Å². The number of fused-ring (bicyclic) bond motifs is 1. The predicted octanol–water partition coefficient (Wildman–Crippen LogP) is 3.72. The lowest BCUT2D eigenvalue weighted by Crippen LogP contribution is -2.37. The van der Waals surface area contributed by atoms with Crippen molar-refractivity contribution in [2.45, 2.75) is 25.9 Å². The van der Waals surface area contributed by atoms with Crippen molar-refractivity contribution in [2.24, 2.45) is 0 Å². The molecule has 0 atom stereocenters. The van der Waals surface area contributed by atoms with Crippen molar-refractivity contribution in [2.75, 3.05) is 11.9 Å². The minimum absolute atomic E-state index is 0.504. The summed E-state index contributed by atoms with van der Waals surface area (Å²) < 4.78 is 11.1. The van der Waals surface area contributed by atoms with Gasteiger partial charge in [0.15, 0.2) is 11.2 Å². The van der Waals surface area contributed by atoms with E-state index in [1.165, 1.54) is 13.8 Å². The Balaban J connectivity index is 1.54. The number of carboxylic acid groups (broad SMARTS) is 1. The number of nitrogens with zero attached hydrogens (tertiary/aromatic N) is 1. The molecule has 1 aromatic heterocycles. The van der Waals surface area contributed by atoms with Gasteiger partial charge in [-0.3, -0.25) is 0 Å². The van der Waals surface area contributed by atoms with Gasteiger partial charge >= 0.3 is 5.97 Å². The lowest BCUT2D eigenvalue weighted by atomic mass is 10.1. The molecule has 2 aromatic carbocycles. The molecule has 6 heteroatoms. The second-order valence-electron chi connectivity index (χ2n) is 6.22. The first-order chi connectivity index (χ1) is 11.9. The molecule has 0 fully saturated rings. The van der Waals surface area contributed by atoms with Gasteiger partial charge in [-0.2, -0.15) is 4.98 Å². The normalized spacial score (nSPS) is 11.4. The van der Waals surface area contributed by atoms with Gasteiger partial charge in [-0.05, 0) is 50.1 Å². The summed E-state index contributed by atoms with van der Waals surface area (Å²) in [7, 11) is 0. The Kier molecular flexibility index (Phi) is 4.61. The van der Waals surface area contributed by atoms with Crippen LogP contribution in [0.5, 0.6) is 5.75 Å². The van der Waals surface area contributed by atoms with E-state index < -0.39 is 11.6 Å². The van der Waals surface area contributed by atoms with Crippen molar-refractivity contribution in [3.05, 3.63) is 54.1 Å². The molecule has 3 rings (SSSR count). The Morgan fingerprint density at radius 3 is 2.60 bits per heavy atom. The van der Waals surface area contributed by atoms with E-state index in [4.69, 9.17) is 14.3 Å². The standard InChI is InChI=1S/C19H20N2O4/c1-19(2,17(22)23)25-14-9-7-13(8-10-14)11-12-20-18-21-15-5-3-4-6-16(15)24-18/h3-10H,11-12H2,1-2H3,(H,20,21)(H,22,23). The van der Waals surface area contributed by atoms with Crippen LogP contribution >= 0.6 is 0 Å². The Morgan fingerprint density at radius 2 is 1.92 bits per heavy atom. The van der Waals surface area contributed by atoms with Crippen molar-refractivity contribution in [3.63, 3.8) is 0 Å². The van der Waals surface area contributed by atoms with Crippen LogP contribution in [0.25, 0.3) is 11.1 Å². The molecule has 0 radical (unpaired) electrons. The molecule has 6 nitrogen and oxygen atoms in total. The molecule has 3 aromatic rings. The molecule has 0 saturated heterocycles. The topological polar surface area (TPSA) is 84.6 Å². The molecule has 0 bridgehead atoms. The fourth-order valence-corrected chi connectivity index (χ4v) is 2.32. The number of nitrogens with one attached hydrogen (secondary N) is 1. The number of benzene rings is 2. The number of hydrogen-bond donors (Lipinski definition) is 2. The monoisotopic (exact) mass is 340 g/mol. The van der Waals surface area contributed by atoms with Crippen LogP contribution in [0.15, 0.2) is 52.9 Å². The SMILES string of the molecule is CC(C)(Oc1ccc(CCNc2nc3ccccc3o2)cc1)C(=O)O. The van der Waals surface area contributed by atoms with E-state index in [0.29, 0.717) is 18.3 Å². The van der Waals surface area contributed by atoms with E-state index in [9.17, 15) is 4.79 Å². The Morgan fingerprint density at radius 1 is 1.20 bits per heavy atom. The highest BCUT2D eigenvalue weighted by atomic mass is 16.5. The first-order valence-electron chi connectivity index (χ1n) is 8.05. The predicted molar refractivity (Wildman–Crippen MR) is 95.0 cm³/mol. The summed E-state index contributed by atoms with van der Waals surface area (Å²) in [6.45, 7) is 3.72. The number of para-hydroxylation sites is 2. The Hall–Kier alpha value is -3.02. The Bertz CT molecular complexity index is 836.